The summed E-state index contributed by atoms with van der Waals surface area (Å²) in [5.41, 5.74) is 3.89. The summed E-state index contributed by atoms with van der Waals surface area (Å²) in [6.07, 6.45) is 4.28. The molecule has 1 aliphatic rings. The highest BCUT2D eigenvalue weighted by molar-refractivity contribution is 5.85. The molecule has 3 N–H and O–H groups in total. The Kier molecular flexibility index (Phi) is 8.74. The summed E-state index contributed by atoms with van der Waals surface area (Å²) in [6.45, 7) is 3.11. The molecule has 0 bridgehead atoms. The molecule has 1 aliphatic heterocycles. The van der Waals surface area contributed by atoms with E-state index in [1.54, 1.807) is 25.4 Å². The molecule has 9 heteroatoms. The molecule has 164 valence electrons. The Labute approximate surface area is 192 Å². The van der Waals surface area contributed by atoms with Crippen LogP contribution in [0.15, 0.2) is 53.6 Å². The molecule has 0 saturated heterocycles. The minimum absolute atomic E-state index is 0. The third-order valence-electron chi connectivity index (χ3n) is 5.21. The molecule has 4 rings (SSSR count). The number of pyridine rings is 1. The van der Waals surface area contributed by atoms with Crippen LogP contribution in [0.1, 0.15) is 28.4 Å². The Morgan fingerprint density at radius 3 is 2.74 bits per heavy atom. The van der Waals surface area contributed by atoms with Crippen molar-refractivity contribution in [2.45, 2.75) is 25.8 Å². The summed E-state index contributed by atoms with van der Waals surface area (Å²) in [4.78, 5) is 36.3. The van der Waals surface area contributed by atoms with Gasteiger partial charge in [0, 0.05) is 41.8 Å². The first kappa shape index (κ1) is 24.5. The fourth-order valence-electron chi connectivity index (χ4n) is 3.67. The number of aromatic amines is 1. The minimum atomic E-state index is -0.298. The van der Waals surface area contributed by atoms with Crippen LogP contribution in [0.3, 0.4) is 0 Å². The van der Waals surface area contributed by atoms with Crippen molar-refractivity contribution in [1.82, 2.24) is 25.6 Å². The quantitative estimate of drug-likeness (QED) is 0.541. The molecule has 1 atom stereocenters. The number of benzene rings is 1. The van der Waals surface area contributed by atoms with Gasteiger partial charge in [-0.15, -0.1) is 24.8 Å². The Hall–Kier alpha value is -2.74. The molecule has 1 amide bonds. The number of aryl methyl sites for hydroxylation is 1. The van der Waals surface area contributed by atoms with Gasteiger partial charge in [-0.1, -0.05) is 24.3 Å². The Morgan fingerprint density at radius 1 is 1.19 bits per heavy atom. The monoisotopic (exact) mass is 461 g/mol. The molecular weight excluding hydrogens is 437 g/mol. The number of hydrogen-bond donors (Lipinski definition) is 3. The van der Waals surface area contributed by atoms with Gasteiger partial charge in [-0.3, -0.25) is 14.6 Å². The molecule has 0 fully saturated rings. The Morgan fingerprint density at radius 2 is 2.00 bits per heavy atom. The molecule has 7 nitrogen and oxygen atoms in total. The highest BCUT2D eigenvalue weighted by Crippen LogP contribution is 2.21. The first-order chi connectivity index (χ1) is 14.1. The average Bonchev–Trinajstić information content (AvgIpc) is 2.75. The maximum atomic E-state index is 12.5. The lowest BCUT2D eigenvalue weighted by molar-refractivity contribution is -0.120. The van der Waals surface area contributed by atoms with Gasteiger partial charge in [0.1, 0.15) is 5.82 Å². The molecule has 0 saturated carbocycles. The number of rotatable bonds is 5. The number of nitrogens with zero attached hydrogens (tertiary/aromatic N) is 2. The highest BCUT2D eigenvalue weighted by Gasteiger charge is 2.20. The van der Waals surface area contributed by atoms with Gasteiger partial charge in [-0.2, -0.15) is 0 Å². The lowest BCUT2D eigenvalue weighted by Crippen LogP contribution is -2.39. The van der Waals surface area contributed by atoms with Crippen molar-refractivity contribution in [1.29, 1.82) is 0 Å². The summed E-state index contributed by atoms with van der Waals surface area (Å²) < 4.78 is 0. The van der Waals surface area contributed by atoms with Gasteiger partial charge in [-0.25, -0.2) is 4.98 Å². The molecule has 2 aromatic heterocycles. The lowest BCUT2D eigenvalue weighted by Gasteiger charge is -2.27. The van der Waals surface area contributed by atoms with Crippen molar-refractivity contribution >= 4 is 30.7 Å². The molecule has 0 aliphatic carbocycles. The number of hydrogen-bond acceptors (Lipinski definition) is 5. The lowest BCUT2D eigenvalue weighted by atomic mass is 9.94. The number of aromatic nitrogens is 3. The van der Waals surface area contributed by atoms with Gasteiger partial charge in [0.15, 0.2) is 0 Å². The number of halogens is 2. The number of amides is 1. The van der Waals surface area contributed by atoms with E-state index < -0.39 is 0 Å². The summed E-state index contributed by atoms with van der Waals surface area (Å²) >= 11 is 0. The van der Waals surface area contributed by atoms with Crippen LogP contribution in [-0.4, -0.2) is 33.9 Å². The third kappa shape index (κ3) is 5.70. The zero-order valence-corrected chi connectivity index (χ0v) is 18.7. The van der Waals surface area contributed by atoms with Gasteiger partial charge < -0.3 is 15.6 Å². The summed E-state index contributed by atoms with van der Waals surface area (Å²) in [6, 6.07) is 12.0. The number of carbonyl (C=O) groups is 1. The molecule has 0 radical (unpaired) electrons. The van der Waals surface area contributed by atoms with Gasteiger partial charge in [0.2, 0.25) is 5.91 Å². The molecule has 1 unspecified atom stereocenters. The second-order valence-corrected chi connectivity index (χ2v) is 7.16. The van der Waals surface area contributed by atoms with E-state index in [9.17, 15) is 9.59 Å². The standard InChI is InChI=1S/C22H23N5O2.2ClH/c1-14-18(22(29)27-21(26-14)16-6-4-9-23-12-16)11-20(28)25-13-19-17-7-3-2-5-15(17)8-10-24-19;;/h2-7,9,12,19,24H,8,10-11,13H2,1H3,(H,25,28)(H,26,27,29);2*1H. The van der Waals surface area contributed by atoms with Gasteiger partial charge in [-0.05, 0) is 43.1 Å². The van der Waals surface area contributed by atoms with Crippen LogP contribution in [0, 0.1) is 6.92 Å². The van der Waals surface area contributed by atoms with Crippen molar-refractivity contribution in [3.63, 3.8) is 0 Å². The third-order valence-corrected chi connectivity index (χ3v) is 5.21. The van der Waals surface area contributed by atoms with E-state index in [1.807, 2.05) is 18.2 Å². The SMILES string of the molecule is Cc1nc(-c2cccnc2)[nH]c(=O)c1CC(=O)NCC1NCCc2ccccc21.Cl.Cl. The highest BCUT2D eigenvalue weighted by atomic mass is 35.5. The Balaban J connectivity index is 0.00000171. The zero-order valence-electron chi connectivity index (χ0n) is 17.1. The maximum Gasteiger partial charge on any atom is 0.255 e. The summed E-state index contributed by atoms with van der Waals surface area (Å²) in [7, 11) is 0. The molecular formula is C22H25Cl2N5O2. The van der Waals surface area contributed by atoms with E-state index in [0.717, 1.165) is 18.5 Å². The first-order valence-electron chi connectivity index (χ1n) is 9.70. The fourth-order valence-corrected chi connectivity index (χ4v) is 3.67. The smallest absolute Gasteiger partial charge is 0.255 e. The van der Waals surface area contributed by atoms with Crippen molar-refractivity contribution in [2.24, 2.45) is 0 Å². The number of fused-ring (bicyclic) bond motifs is 1. The van der Waals surface area contributed by atoms with Crippen LogP contribution in [0.4, 0.5) is 0 Å². The molecule has 0 spiro atoms. The second kappa shape index (κ2) is 11.0. The van der Waals surface area contributed by atoms with Crippen LogP contribution in [0.2, 0.25) is 0 Å². The Bertz CT molecular complexity index is 1090. The van der Waals surface area contributed by atoms with E-state index in [4.69, 9.17) is 0 Å². The normalized spacial score (nSPS) is 14.5. The predicted molar refractivity (Wildman–Crippen MR) is 125 cm³/mol. The fraction of sp³-hybridized carbons (Fsp3) is 0.273. The first-order valence-corrected chi connectivity index (χ1v) is 9.70. The van der Waals surface area contributed by atoms with E-state index in [0.29, 0.717) is 23.6 Å². The topological polar surface area (TPSA) is 99.8 Å². The van der Waals surface area contributed by atoms with Crippen LogP contribution in [0.25, 0.3) is 11.4 Å². The van der Waals surface area contributed by atoms with Crippen LogP contribution in [-0.2, 0) is 17.6 Å². The van der Waals surface area contributed by atoms with Crippen molar-refractivity contribution in [3.05, 3.63) is 81.5 Å². The van der Waals surface area contributed by atoms with E-state index >= 15 is 0 Å². The van der Waals surface area contributed by atoms with Gasteiger partial charge in [0.25, 0.3) is 5.56 Å². The maximum absolute atomic E-state index is 12.5. The van der Waals surface area contributed by atoms with Crippen molar-refractivity contribution < 1.29 is 4.79 Å². The van der Waals surface area contributed by atoms with Crippen molar-refractivity contribution in [2.75, 3.05) is 13.1 Å². The summed E-state index contributed by atoms with van der Waals surface area (Å²) in [5.74, 6) is 0.257. The largest absolute Gasteiger partial charge is 0.354 e. The van der Waals surface area contributed by atoms with E-state index in [1.165, 1.54) is 11.1 Å². The molecule has 31 heavy (non-hydrogen) atoms. The minimum Gasteiger partial charge on any atom is -0.354 e. The van der Waals surface area contributed by atoms with E-state index in [-0.39, 0.29) is 48.7 Å². The average molecular weight is 462 g/mol. The van der Waals surface area contributed by atoms with Gasteiger partial charge >= 0.3 is 0 Å². The van der Waals surface area contributed by atoms with E-state index in [2.05, 4.69) is 37.7 Å². The predicted octanol–water partition coefficient (Wildman–Crippen LogP) is 2.53. The van der Waals surface area contributed by atoms with Crippen LogP contribution < -0.4 is 16.2 Å². The van der Waals surface area contributed by atoms with Gasteiger partial charge in [0.05, 0.1) is 6.42 Å². The number of carbonyl (C=O) groups excluding carboxylic acids is 1. The summed E-state index contributed by atoms with van der Waals surface area (Å²) in [5, 5.41) is 6.39. The van der Waals surface area contributed by atoms with Crippen LogP contribution in [0.5, 0.6) is 0 Å². The second-order valence-electron chi connectivity index (χ2n) is 7.16. The molecule has 3 heterocycles. The molecule has 1 aromatic carbocycles. The number of nitrogens with one attached hydrogen (secondary N) is 3. The van der Waals surface area contributed by atoms with Crippen molar-refractivity contribution in [3.8, 4) is 11.4 Å². The molecule has 3 aromatic rings. The number of H-pyrrole nitrogens is 1. The zero-order chi connectivity index (χ0) is 20.2. The van der Waals surface area contributed by atoms with Crippen LogP contribution >= 0.6 is 24.8 Å².